The van der Waals surface area contributed by atoms with E-state index in [1.165, 1.54) is 66.5 Å². The Hall–Kier alpha value is -4.22. The summed E-state index contributed by atoms with van der Waals surface area (Å²) in [4.78, 5) is 12.5. The number of hydrazone groups is 1. The van der Waals surface area contributed by atoms with E-state index in [0.717, 1.165) is 0 Å². The van der Waals surface area contributed by atoms with E-state index in [0.29, 0.717) is 28.4 Å². The Balaban J connectivity index is 1.47. The van der Waals surface area contributed by atoms with E-state index < -0.39 is 15.9 Å². The standard InChI is InChI=1S/C25H21ClFN5O4S/c1-16-23(24(26)32(30-16)20-10-6-18(27)7-11-20)15-28-29-25(33)17-4-3-5-22(14-17)37(34,35)31-19-8-12-21(36-2)13-9-19/h3-15,31H,1-2H3,(H,29,33)/b28-15+. The Bertz CT molecular complexity index is 1570. The van der Waals surface area contributed by atoms with Crippen molar-refractivity contribution in [2.75, 3.05) is 11.8 Å². The van der Waals surface area contributed by atoms with Crippen LogP contribution in [0.1, 0.15) is 21.6 Å². The van der Waals surface area contributed by atoms with Crippen LogP contribution < -0.4 is 14.9 Å². The van der Waals surface area contributed by atoms with E-state index in [-0.39, 0.29) is 21.4 Å². The lowest BCUT2D eigenvalue weighted by Gasteiger charge is -2.09. The molecule has 0 saturated heterocycles. The number of methoxy groups -OCH3 is 1. The summed E-state index contributed by atoms with van der Waals surface area (Å²) in [6.07, 6.45) is 1.33. The molecule has 0 bridgehead atoms. The number of sulfonamides is 1. The van der Waals surface area contributed by atoms with Gasteiger partial charge in [0.1, 0.15) is 16.7 Å². The summed E-state index contributed by atoms with van der Waals surface area (Å²) in [6, 6.07) is 17.5. The zero-order valence-corrected chi connectivity index (χ0v) is 21.2. The molecule has 4 aromatic rings. The van der Waals surface area contributed by atoms with Gasteiger partial charge in [0, 0.05) is 11.3 Å². The number of hydrogen-bond donors (Lipinski definition) is 2. The van der Waals surface area contributed by atoms with Crippen molar-refractivity contribution in [2.24, 2.45) is 5.10 Å². The van der Waals surface area contributed by atoms with E-state index in [1.807, 2.05) is 0 Å². The Kier molecular flexibility index (Phi) is 7.55. The number of rotatable bonds is 8. The molecule has 4 rings (SSSR count). The molecule has 12 heteroatoms. The van der Waals surface area contributed by atoms with Gasteiger partial charge < -0.3 is 4.74 Å². The SMILES string of the molecule is COc1ccc(NS(=O)(=O)c2cccc(C(=O)N/N=C/c3c(C)nn(-c4ccc(F)cc4)c3Cl)c2)cc1. The molecule has 2 N–H and O–H groups in total. The summed E-state index contributed by atoms with van der Waals surface area (Å²) < 4.78 is 47.8. The van der Waals surface area contributed by atoms with Crippen molar-refractivity contribution >= 4 is 39.4 Å². The van der Waals surface area contributed by atoms with Crippen LogP contribution in [0.5, 0.6) is 5.75 Å². The number of carbonyl (C=O) groups is 1. The van der Waals surface area contributed by atoms with Gasteiger partial charge >= 0.3 is 0 Å². The third-order valence-electron chi connectivity index (χ3n) is 5.23. The van der Waals surface area contributed by atoms with Crippen LogP contribution in [-0.4, -0.2) is 37.4 Å². The maximum Gasteiger partial charge on any atom is 0.271 e. The van der Waals surface area contributed by atoms with Crippen molar-refractivity contribution in [1.29, 1.82) is 0 Å². The molecule has 1 amide bonds. The van der Waals surface area contributed by atoms with Crippen LogP contribution in [0.3, 0.4) is 0 Å². The molecule has 190 valence electrons. The summed E-state index contributed by atoms with van der Waals surface area (Å²) in [6.45, 7) is 1.71. The predicted molar refractivity (Wildman–Crippen MR) is 139 cm³/mol. The number of aryl methyl sites for hydroxylation is 1. The van der Waals surface area contributed by atoms with Crippen molar-refractivity contribution in [3.8, 4) is 11.4 Å². The van der Waals surface area contributed by atoms with Crippen molar-refractivity contribution < 1.29 is 22.3 Å². The third-order valence-corrected chi connectivity index (χ3v) is 6.97. The number of ether oxygens (including phenoxy) is 1. The lowest BCUT2D eigenvalue weighted by Crippen LogP contribution is -2.19. The zero-order valence-electron chi connectivity index (χ0n) is 19.6. The average Bonchev–Trinajstić information content (AvgIpc) is 3.18. The number of carbonyl (C=O) groups excluding carboxylic acids is 1. The van der Waals surface area contributed by atoms with E-state index >= 15 is 0 Å². The zero-order chi connectivity index (χ0) is 26.6. The summed E-state index contributed by atoms with van der Waals surface area (Å²) in [5, 5.41) is 8.49. The molecule has 0 spiro atoms. The van der Waals surface area contributed by atoms with Crippen LogP contribution in [0.2, 0.25) is 5.15 Å². The molecule has 0 radical (unpaired) electrons. The lowest BCUT2D eigenvalue weighted by molar-refractivity contribution is 0.0955. The summed E-state index contributed by atoms with van der Waals surface area (Å²) in [5.74, 6) is -0.430. The molecule has 0 saturated carbocycles. The van der Waals surface area contributed by atoms with Crippen molar-refractivity contribution in [2.45, 2.75) is 11.8 Å². The maximum absolute atomic E-state index is 13.2. The number of amides is 1. The maximum atomic E-state index is 13.2. The minimum absolute atomic E-state index is 0.0829. The molecule has 1 aromatic heterocycles. The number of anilines is 1. The van der Waals surface area contributed by atoms with Gasteiger partial charge in [0.2, 0.25) is 0 Å². The monoisotopic (exact) mass is 541 g/mol. The van der Waals surface area contributed by atoms with Crippen molar-refractivity contribution in [3.63, 3.8) is 0 Å². The van der Waals surface area contributed by atoms with E-state index in [2.05, 4.69) is 20.3 Å². The average molecular weight is 542 g/mol. The summed E-state index contributed by atoms with van der Waals surface area (Å²) >= 11 is 6.41. The van der Waals surface area contributed by atoms with E-state index in [9.17, 15) is 17.6 Å². The van der Waals surface area contributed by atoms with Gasteiger partial charge in [-0.05, 0) is 73.7 Å². The molecule has 0 aliphatic rings. The van der Waals surface area contributed by atoms with Crippen LogP contribution in [-0.2, 0) is 10.0 Å². The number of hydrogen-bond acceptors (Lipinski definition) is 6. The molecule has 37 heavy (non-hydrogen) atoms. The second-order valence-corrected chi connectivity index (χ2v) is 9.78. The minimum Gasteiger partial charge on any atom is -0.497 e. The first-order valence-corrected chi connectivity index (χ1v) is 12.7. The largest absolute Gasteiger partial charge is 0.497 e. The highest BCUT2D eigenvalue weighted by molar-refractivity contribution is 7.92. The van der Waals surface area contributed by atoms with Gasteiger partial charge in [-0.2, -0.15) is 10.2 Å². The fourth-order valence-electron chi connectivity index (χ4n) is 3.31. The Labute approximate surface area is 217 Å². The fourth-order valence-corrected chi connectivity index (χ4v) is 4.73. The van der Waals surface area contributed by atoms with Gasteiger partial charge in [-0.25, -0.2) is 22.9 Å². The number of nitrogens with zero attached hydrogens (tertiary/aromatic N) is 3. The molecule has 1 heterocycles. The minimum atomic E-state index is -3.95. The van der Waals surface area contributed by atoms with Gasteiger partial charge in [0.25, 0.3) is 15.9 Å². The Morgan fingerprint density at radius 3 is 2.49 bits per heavy atom. The highest BCUT2D eigenvalue weighted by Gasteiger charge is 2.17. The first kappa shape index (κ1) is 25.9. The van der Waals surface area contributed by atoms with E-state index in [1.54, 1.807) is 31.2 Å². The van der Waals surface area contributed by atoms with Crippen LogP contribution in [0.25, 0.3) is 5.69 Å². The van der Waals surface area contributed by atoms with Crippen molar-refractivity contribution in [3.05, 3.63) is 101 Å². The van der Waals surface area contributed by atoms with Crippen molar-refractivity contribution in [1.82, 2.24) is 15.2 Å². The second-order valence-electron chi connectivity index (χ2n) is 7.74. The first-order chi connectivity index (χ1) is 17.7. The first-order valence-electron chi connectivity index (χ1n) is 10.8. The number of benzene rings is 3. The molecule has 0 aliphatic heterocycles. The summed E-state index contributed by atoms with van der Waals surface area (Å²) in [7, 11) is -2.44. The number of halogens is 2. The van der Waals surface area contributed by atoms with Crippen LogP contribution >= 0.6 is 11.6 Å². The second kappa shape index (κ2) is 10.8. The third kappa shape index (κ3) is 5.96. The molecule has 0 aliphatic carbocycles. The van der Waals surface area contributed by atoms with Gasteiger partial charge in [-0.1, -0.05) is 17.7 Å². The molecule has 0 atom stereocenters. The van der Waals surface area contributed by atoms with Crippen LogP contribution in [0.4, 0.5) is 10.1 Å². The number of nitrogens with one attached hydrogen (secondary N) is 2. The molecule has 3 aromatic carbocycles. The van der Waals surface area contributed by atoms with E-state index in [4.69, 9.17) is 16.3 Å². The molecular formula is C25H21ClFN5O4S. The molecule has 0 fully saturated rings. The summed E-state index contributed by atoms with van der Waals surface area (Å²) in [5.41, 5.74) is 4.32. The Morgan fingerprint density at radius 2 is 1.81 bits per heavy atom. The Morgan fingerprint density at radius 1 is 1.11 bits per heavy atom. The highest BCUT2D eigenvalue weighted by atomic mass is 35.5. The van der Waals surface area contributed by atoms with Gasteiger partial charge in [-0.3, -0.25) is 9.52 Å². The molecule has 9 nitrogen and oxygen atoms in total. The molecular weight excluding hydrogens is 521 g/mol. The normalized spacial score (nSPS) is 11.5. The highest BCUT2D eigenvalue weighted by Crippen LogP contribution is 2.23. The predicted octanol–water partition coefficient (Wildman–Crippen LogP) is 4.55. The van der Waals surface area contributed by atoms with Gasteiger partial charge in [0.15, 0.2) is 0 Å². The smallest absolute Gasteiger partial charge is 0.271 e. The van der Waals surface area contributed by atoms with Gasteiger partial charge in [0.05, 0.1) is 35.2 Å². The molecule has 0 unspecified atom stereocenters. The van der Waals surface area contributed by atoms with Crippen LogP contribution in [0, 0.1) is 12.7 Å². The fraction of sp³-hybridized carbons (Fsp3) is 0.0800. The lowest BCUT2D eigenvalue weighted by atomic mass is 10.2. The van der Waals surface area contributed by atoms with Crippen LogP contribution in [0.15, 0.2) is 82.8 Å². The topological polar surface area (TPSA) is 115 Å². The quantitative estimate of drug-likeness (QED) is 0.251. The number of aromatic nitrogens is 2. The van der Waals surface area contributed by atoms with Gasteiger partial charge in [-0.15, -0.1) is 0 Å².